The molecule has 134 valence electrons. The summed E-state index contributed by atoms with van der Waals surface area (Å²) in [7, 11) is 1.58. The average molecular weight is 359 g/mol. The van der Waals surface area contributed by atoms with E-state index in [0.29, 0.717) is 18.0 Å². The molecular formula is C20H25NO3S. The van der Waals surface area contributed by atoms with Crippen LogP contribution >= 0.6 is 11.8 Å². The van der Waals surface area contributed by atoms with E-state index in [1.807, 2.05) is 18.2 Å². The van der Waals surface area contributed by atoms with E-state index >= 15 is 0 Å². The second-order valence-corrected chi connectivity index (χ2v) is 6.85. The Kier molecular flexibility index (Phi) is 7.67. The molecule has 1 unspecified atom stereocenters. The van der Waals surface area contributed by atoms with E-state index in [9.17, 15) is 4.79 Å². The fraction of sp³-hybridized carbons (Fsp3) is 0.350. The van der Waals surface area contributed by atoms with Crippen LogP contribution in [0.2, 0.25) is 0 Å². The summed E-state index contributed by atoms with van der Waals surface area (Å²) >= 11 is 1.80. The minimum Gasteiger partial charge on any atom is -0.493 e. The highest BCUT2D eigenvalue weighted by Crippen LogP contribution is 2.26. The molecule has 2 aromatic rings. The molecule has 0 aliphatic heterocycles. The zero-order valence-electron chi connectivity index (χ0n) is 15.0. The van der Waals surface area contributed by atoms with Gasteiger partial charge in [-0.2, -0.15) is 11.8 Å². The predicted octanol–water partition coefficient (Wildman–Crippen LogP) is 3.82. The maximum atomic E-state index is 12.1. The molecule has 1 N–H and O–H groups in total. The molecule has 5 heteroatoms. The van der Waals surface area contributed by atoms with Crippen molar-refractivity contribution in [3.8, 4) is 11.5 Å². The lowest BCUT2D eigenvalue weighted by molar-refractivity contribution is -0.127. The smallest absolute Gasteiger partial charge is 0.260 e. The Balaban J connectivity index is 1.69. The minimum absolute atomic E-state index is 0.123. The molecule has 0 saturated carbocycles. The monoisotopic (exact) mass is 359 g/mol. The number of thioether (sulfide) groups is 1. The van der Waals surface area contributed by atoms with Gasteiger partial charge in [0, 0.05) is 18.1 Å². The lowest BCUT2D eigenvalue weighted by Crippen LogP contribution is -2.37. The Bertz CT molecular complexity index is 690. The Morgan fingerprint density at radius 3 is 2.64 bits per heavy atom. The predicted molar refractivity (Wildman–Crippen MR) is 103 cm³/mol. The van der Waals surface area contributed by atoms with Crippen LogP contribution in [-0.2, 0) is 10.5 Å². The van der Waals surface area contributed by atoms with Gasteiger partial charge in [0.05, 0.1) is 7.11 Å². The number of benzene rings is 2. The van der Waals surface area contributed by atoms with E-state index in [1.54, 1.807) is 31.9 Å². The molecular weight excluding hydrogens is 334 g/mol. The molecule has 2 aromatic carbocycles. The Labute approximate surface area is 153 Å². The van der Waals surface area contributed by atoms with Gasteiger partial charge in [0.1, 0.15) is 0 Å². The van der Waals surface area contributed by atoms with Crippen LogP contribution in [0.4, 0.5) is 0 Å². The number of methoxy groups -OCH3 is 1. The van der Waals surface area contributed by atoms with Gasteiger partial charge in [-0.1, -0.05) is 42.0 Å². The van der Waals surface area contributed by atoms with Crippen LogP contribution in [0.25, 0.3) is 0 Å². The van der Waals surface area contributed by atoms with Crippen LogP contribution < -0.4 is 14.8 Å². The number of amides is 1. The summed E-state index contributed by atoms with van der Waals surface area (Å²) in [5.41, 5.74) is 2.58. The molecule has 0 spiro atoms. The van der Waals surface area contributed by atoms with E-state index < -0.39 is 6.10 Å². The van der Waals surface area contributed by atoms with E-state index in [4.69, 9.17) is 9.47 Å². The molecule has 0 aliphatic rings. The molecule has 1 amide bonds. The molecule has 25 heavy (non-hydrogen) atoms. The molecule has 1 atom stereocenters. The first kappa shape index (κ1) is 19.2. The van der Waals surface area contributed by atoms with Crippen molar-refractivity contribution in [3.05, 3.63) is 59.7 Å². The van der Waals surface area contributed by atoms with Crippen LogP contribution in [0.3, 0.4) is 0 Å². The summed E-state index contributed by atoms with van der Waals surface area (Å²) in [6.45, 7) is 4.45. The summed E-state index contributed by atoms with van der Waals surface area (Å²) in [6, 6.07) is 15.8. The van der Waals surface area contributed by atoms with Gasteiger partial charge in [-0.15, -0.1) is 0 Å². The van der Waals surface area contributed by atoms with Crippen LogP contribution in [0.15, 0.2) is 48.5 Å². The standard InChI is InChI=1S/C20H25NO3S/c1-15-7-6-8-17(13-15)14-25-12-11-21-20(22)16(2)24-19-10-5-4-9-18(19)23-3/h4-10,13,16H,11-12,14H2,1-3H3,(H,21,22). The number of ether oxygens (including phenoxy) is 2. The summed E-state index contributed by atoms with van der Waals surface area (Å²) in [4.78, 5) is 12.1. The lowest BCUT2D eigenvalue weighted by Gasteiger charge is -2.16. The quantitative estimate of drug-likeness (QED) is 0.692. The second-order valence-electron chi connectivity index (χ2n) is 5.74. The van der Waals surface area contributed by atoms with Crippen molar-refractivity contribution in [2.45, 2.75) is 25.7 Å². The molecule has 0 saturated heterocycles. The minimum atomic E-state index is -0.571. The highest BCUT2D eigenvalue weighted by molar-refractivity contribution is 7.98. The normalized spacial score (nSPS) is 11.6. The maximum Gasteiger partial charge on any atom is 0.260 e. The van der Waals surface area contributed by atoms with E-state index in [1.165, 1.54) is 11.1 Å². The van der Waals surface area contributed by atoms with Gasteiger partial charge in [-0.25, -0.2) is 0 Å². The first-order chi connectivity index (χ1) is 12.1. The van der Waals surface area contributed by atoms with E-state index in [0.717, 1.165) is 11.5 Å². The van der Waals surface area contributed by atoms with Crippen molar-refractivity contribution in [1.29, 1.82) is 0 Å². The highest BCUT2D eigenvalue weighted by Gasteiger charge is 2.15. The number of hydrogen-bond donors (Lipinski definition) is 1. The van der Waals surface area contributed by atoms with Gasteiger partial charge in [0.2, 0.25) is 0 Å². The number of hydrogen-bond acceptors (Lipinski definition) is 4. The number of para-hydroxylation sites is 2. The fourth-order valence-electron chi connectivity index (χ4n) is 2.34. The molecule has 2 rings (SSSR count). The maximum absolute atomic E-state index is 12.1. The topological polar surface area (TPSA) is 47.6 Å². The van der Waals surface area contributed by atoms with Crippen LogP contribution in [0.1, 0.15) is 18.1 Å². The van der Waals surface area contributed by atoms with Crippen molar-refractivity contribution in [1.82, 2.24) is 5.32 Å². The molecule has 0 fully saturated rings. The van der Waals surface area contributed by atoms with Crippen molar-refractivity contribution >= 4 is 17.7 Å². The Morgan fingerprint density at radius 1 is 1.16 bits per heavy atom. The first-order valence-electron chi connectivity index (χ1n) is 8.31. The third-order valence-electron chi connectivity index (χ3n) is 3.64. The SMILES string of the molecule is COc1ccccc1OC(C)C(=O)NCCSCc1cccc(C)c1. The van der Waals surface area contributed by atoms with Gasteiger partial charge in [0.15, 0.2) is 17.6 Å². The molecule has 4 nitrogen and oxygen atoms in total. The van der Waals surface area contributed by atoms with Gasteiger partial charge in [-0.3, -0.25) is 4.79 Å². The third kappa shape index (κ3) is 6.35. The van der Waals surface area contributed by atoms with E-state index in [2.05, 4.69) is 36.5 Å². The average Bonchev–Trinajstić information content (AvgIpc) is 2.61. The van der Waals surface area contributed by atoms with Gasteiger partial charge >= 0.3 is 0 Å². The molecule has 0 radical (unpaired) electrons. The summed E-state index contributed by atoms with van der Waals surface area (Å²) in [5.74, 6) is 2.88. The number of carbonyl (C=O) groups is 1. The van der Waals surface area contributed by atoms with Crippen LogP contribution in [0.5, 0.6) is 11.5 Å². The molecule has 0 aliphatic carbocycles. The van der Waals surface area contributed by atoms with Gasteiger partial charge in [-0.05, 0) is 31.5 Å². The van der Waals surface area contributed by atoms with Gasteiger partial charge < -0.3 is 14.8 Å². The zero-order chi connectivity index (χ0) is 18.1. The number of rotatable bonds is 9. The van der Waals surface area contributed by atoms with Crippen molar-refractivity contribution in [2.75, 3.05) is 19.4 Å². The lowest BCUT2D eigenvalue weighted by atomic mass is 10.2. The molecule has 0 bridgehead atoms. The van der Waals surface area contributed by atoms with Crippen LogP contribution in [-0.4, -0.2) is 31.4 Å². The van der Waals surface area contributed by atoms with Crippen molar-refractivity contribution in [2.24, 2.45) is 0 Å². The number of carbonyl (C=O) groups excluding carboxylic acids is 1. The Morgan fingerprint density at radius 2 is 1.92 bits per heavy atom. The van der Waals surface area contributed by atoms with Crippen molar-refractivity contribution in [3.63, 3.8) is 0 Å². The molecule has 0 heterocycles. The van der Waals surface area contributed by atoms with Crippen molar-refractivity contribution < 1.29 is 14.3 Å². The third-order valence-corrected chi connectivity index (χ3v) is 4.67. The largest absolute Gasteiger partial charge is 0.493 e. The van der Waals surface area contributed by atoms with Gasteiger partial charge in [0.25, 0.3) is 5.91 Å². The highest BCUT2D eigenvalue weighted by atomic mass is 32.2. The number of aryl methyl sites for hydroxylation is 1. The molecule has 0 aromatic heterocycles. The summed E-state index contributed by atoms with van der Waals surface area (Å²) in [5, 5.41) is 2.91. The van der Waals surface area contributed by atoms with E-state index in [-0.39, 0.29) is 5.91 Å². The Hall–Kier alpha value is -2.14. The fourth-order valence-corrected chi connectivity index (χ4v) is 3.15. The first-order valence-corrected chi connectivity index (χ1v) is 9.46. The summed E-state index contributed by atoms with van der Waals surface area (Å²) < 4.78 is 10.9. The zero-order valence-corrected chi connectivity index (χ0v) is 15.8. The second kappa shape index (κ2) is 9.99. The van der Waals surface area contributed by atoms with Crippen LogP contribution in [0, 0.1) is 6.92 Å². The number of nitrogens with one attached hydrogen (secondary N) is 1. The summed E-state index contributed by atoms with van der Waals surface area (Å²) in [6.07, 6.45) is -0.571.